The van der Waals surface area contributed by atoms with E-state index in [1.54, 1.807) is 0 Å². The van der Waals surface area contributed by atoms with Crippen LogP contribution in [-0.4, -0.2) is 40.5 Å². The monoisotopic (exact) mass is 216 g/mol. The number of morpholine rings is 1. The highest BCUT2D eigenvalue weighted by atomic mass is 16.5. The Kier molecular flexibility index (Phi) is 1.57. The number of nitrogens with one attached hydrogen (secondary N) is 1. The summed E-state index contributed by atoms with van der Waals surface area (Å²) in [4.78, 5) is 6.77. The maximum atomic E-state index is 5.48. The second-order valence-corrected chi connectivity index (χ2v) is 4.48. The number of aromatic nitrogens is 3. The van der Waals surface area contributed by atoms with E-state index in [2.05, 4.69) is 26.1 Å². The second kappa shape index (κ2) is 2.95. The Hall–Kier alpha value is -1.62. The summed E-state index contributed by atoms with van der Waals surface area (Å²) < 4.78 is 5.48. The zero-order chi connectivity index (χ0) is 10.5. The predicted molar refractivity (Wildman–Crippen MR) is 59.4 cm³/mol. The van der Waals surface area contributed by atoms with Crippen molar-refractivity contribution in [1.82, 2.24) is 15.2 Å². The summed E-state index contributed by atoms with van der Waals surface area (Å²) in [6.07, 6.45) is 5.05. The molecule has 4 rings (SSSR count). The van der Waals surface area contributed by atoms with E-state index in [0.29, 0.717) is 12.1 Å². The minimum atomic E-state index is 0.546. The molecular formula is C11H12N4O. The normalized spacial score (nSPS) is 28.1. The van der Waals surface area contributed by atoms with Crippen LogP contribution in [0.4, 0.5) is 5.69 Å². The number of nitrogens with zero attached hydrogens (tertiary/aromatic N) is 3. The molecule has 2 bridgehead atoms. The number of aromatic amines is 1. The number of pyridine rings is 1. The number of ether oxygens (including phenoxy) is 1. The van der Waals surface area contributed by atoms with E-state index in [9.17, 15) is 0 Å². The number of hydrogen-bond donors (Lipinski definition) is 1. The maximum Gasteiger partial charge on any atom is 0.180 e. The Bertz CT molecular complexity index is 524. The van der Waals surface area contributed by atoms with E-state index in [-0.39, 0.29) is 0 Å². The van der Waals surface area contributed by atoms with Crippen LogP contribution in [0, 0.1) is 0 Å². The van der Waals surface area contributed by atoms with Crippen molar-refractivity contribution in [2.24, 2.45) is 0 Å². The standard InChI is InChI=1S/C11H12N4O/c1-7-3-13-14-11(7)12-4-8(1)15-9-2-10(15)6-16-5-9/h1,3-4,9-10H,2,5-6H2,(H,12,13,14). The van der Waals surface area contributed by atoms with Gasteiger partial charge in [-0.15, -0.1) is 0 Å². The minimum absolute atomic E-state index is 0.546. The Morgan fingerprint density at radius 3 is 3.06 bits per heavy atom. The third-order valence-corrected chi connectivity index (χ3v) is 3.52. The van der Waals surface area contributed by atoms with Gasteiger partial charge in [0.25, 0.3) is 0 Å². The highest BCUT2D eigenvalue weighted by Gasteiger charge is 2.42. The summed E-state index contributed by atoms with van der Waals surface area (Å²) in [7, 11) is 0. The lowest BCUT2D eigenvalue weighted by Crippen LogP contribution is -2.64. The van der Waals surface area contributed by atoms with E-state index >= 15 is 0 Å². The van der Waals surface area contributed by atoms with Gasteiger partial charge in [-0.05, 0) is 12.5 Å². The van der Waals surface area contributed by atoms with Gasteiger partial charge in [0.1, 0.15) is 0 Å². The van der Waals surface area contributed by atoms with Crippen molar-refractivity contribution >= 4 is 16.7 Å². The van der Waals surface area contributed by atoms with Gasteiger partial charge in [-0.25, -0.2) is 4.98 Å². The molecule has 2 aromatic rings. The number of fused-ring (bicyclic) bond motifs is 3. The molecule has 4 heterocycles. The first-order valence-electron chi connectivity index (χ1n) is 5.57. The van der Waals surface area contributed by atoms with E-state index in [4.69, 9.17) is 4.74 Å². The molecule has 2 aromatic heterocycles. The second-order valence-electron chi connectivity index (χ2n) is 4.48. The van der Waals surface area contributed by atoms with Crippen LogP contribution >= 0.6 is 0 Å². The van der Waals surface area contributed by atoms with Gasteiger partial charge in [0.15, 0.2) is 5.65 Å². The maximum absolute atomic E-state index is 5.48. The van der Waals surface area contributed by atoms with Crippen LogP contribution in [0.1, 0.15) is 6.42 Å². The Morgan fingerprint density at radius 2 is 2.25 bits per heavy atom. The van der Waals surface area contributed by atoms with Crippen molar-refractivity contribution in [2.45, 2.75) is 18.5 Å². The summed E-state index contributed by atoms with van der Waals surface area (Å²) in [6, 6.07) is 3.24. The van der Waals surface area contributed by atoms with Crippen molar-refractivity contribution in [3.63, 3.8) is 0 Å². The van der Waals surface area contributed by atoms with Crippen LogP contribution in [0.5, 0.6) is 0 Å². The molecule has 2 fully saturated rings. The molecule has 1 N–H and O–H groups in total. The summed E-state index contributed by atoms with van der Waals surface area (Å²) in [5.41, 5.74) is 1.98. The van der Waals surface area contributed by atoms with E-state index in [1.165, 1.54) is 12.1 Å². The molecule has 82 valence electrons. The van der Waals surface area contributed by atoms with E-state index in [0.717, 1.165) is 24.2 Å². The number of H-pyrrole nitrogens is 1. The third kappa shape index (κ3) is 1.03. The largest absolute Gasteiger partial charge is 0.377 e. The van der Waals surface area contributed by atoms with E-state index in [1.807, 2.05) is 12.4 Å². The zero-order valence-electron chi connectivity index (χ0n) is 8.76. The van der Waals surface area contributed by atoms with Crippen molar-refractivity contribution in [3.8, 4) is 0 Å². The fourth-order valence-electron chi connectivity index (χ4n) is 2.73. The quantitative estimate of drug-likeness (QED) is 0.770. The molecule has 2 aliphatic rings. The van der Waals surface area contributed by atoms with Gasteiger partial charge in [0.2, 0.25) is 0 Å². The van der Waals surface area contributed by atoms with Gasteiger partial charge in [-0.3, -0.25) is 5.10 Å². The van der Waals surface area contributed by atoms with Gasteiger partial charge in [0.05, 0.1) is 37.2 Å². The van der Waals surface area contributed by atoms with Crippen LogP contribution in [-0.2, 0) is 4.74 Å². The molecule has 2 unspecified atom stereocenters. The lowest BCUT2D eigenvalue weighted by molar-refractivity contribution is 0.0103. The fraction of sp³-hybridized carbons (Fsp3) is 0.455. The first-order valence-corrected chi connectivity index (χ1v) is 5.57. The van der Waals surface area contributed by atoms with E-state index < -0.39 is 0 Å². The van der Waals surface area contributed by atoms with Gasteiger partial charge in [-0.2, -0.15) is 5.10 Å². The molecule has 0 aromatic carbocycles. The summed E-state index contributed by atoms with van der Waals surface area (Å²) in [5.74, 6) is 0. The SMILES string of the molecule is c1nc2n[nH]cc2cc1N1C2COCC1C2. The van der Waals surface area contributed by atoms with Crippen LogP contribution in [0.2, 0.25) is 0 Å². The zero-order valence-corrected chi connectivity index (χ0v) is 8.76. The molecule has 0 amide bonds. The lowest BCUT2D eigenvalue weighted by atomic mass is 9.90. The van der Waals surface area contributed by atoms with Crippen LogP contribution in [0.25, 0.3) is 11.0 Å². The van der Waals surface area contributed by atoms with Gasteiger partial charge in [-0.1, -0.05) is 0 Å². The van der Waals surface area contributed by atoms with Crippen molar-refractivity contribution < 1.29 is 4.74 Å². The first-order chi connectivity index (χ1) is 7.92. The molecule has 0 spiro atoms. The average Bonchev–Trinajstić information content (AvgIpc) is 2.77. The van der Waals surface area contributed by atoms with Gasteiger partial charge in [0, 0.05) is 11.6 Å². The smallest absolute Gasteiger partial charge is 0.180 e. The van der Waals surface area contributed by atoms with Gasteiger partial charge >= 0.3 is 0 Å². The minimum Gasteiger partial charge on any atom is -0.377 e. The average molecular weight is 216 g/mol. The predicted octanol–water partition coefficient (Wildman–Crippen LogP) is 0.935. The van der Waals surface area contributed by atoms with Gasteiger partial charge < -0.3 is 9.64 Å². The molecule has 2 aliphatic heterocycles. The van der Waals surface area contributed by atoms with Crippen molar-refractivity contribution in [3.05, 3.63) is 18.5 Å². The molecule has 5 nitrogen and oxygen atoms in total. The topological polar surface area (TPSA) is 54.0 Å². The molecule has 16 heavy (non-hydrogen) atoms. The fourth-order valence-corrected chi connectivity index (χ4v) is 2.73. The summed E-state index contributed by atoms with van der Waals surface area (Å²) in [5, 5.41) is 7.96. The number of rotatable bonds is 1. The summed E-state index contributed by atoms with van der Waals surface area (Å²) >= 11 is 0. The van der Waals surface area contributed by atoms with Crippen LogP contribution in [0.15, 0.2) is 18.5 Å². The molecule has 2 atom stereocenters. The molecule has 5 heteroatoms. The van der Waals surface area contributed by atoms with Crippen molar-refractivity contribution in [1.29, 1.82) is 0 Å². The molecule has 0 saturated carbocycles. The Morgan fingerprint density at radius 1 is 1.38 bits per heavy atom. The lowest BCUT2D eigenvalue weighted by Gasteiger charge is -2.53. The Balaban J connectivity index is 1.76. The summed E-state index contributed by atoms with van der Waals surface area (Å²) in [6.45, 7) is 1.69. The first kappa shape index (κ1) is 8.52. The van der Waals surface area contributed by atoms with Crippen LogP contribution in [0.3, 0.4) is 0 Å². The van der Waals surface area contributed by atoms with Crippen molar-refractivity contribution in [2.75, 3.05) is 18.1 Å². The molecular weight excluding hydrogens is 204 g/mol. The molecule has 0 aliphatic carbocycles. The Labute approximate surface area is 92.4 Å². The number of anilines is 1. The highest BCUT2D eigenvalue weighted by molar-refractivity contribution is 5.78. The molecule has 2 saturated heterocycles. The number of hydrogen-bond acceptors (Lipinski definition) is 4. The third-order valence-electron chi connectivity index (χ3n) is 3.52. The van der Waals surface area contributed by atoms with Crippen LogP contribution < -0.4 is 4.90 Å². The highest BCUT2D eigenvalue weighted by Crippen LogP contribution is 2.36. The molecule has 0 radical (unpaired) electrons.